The molecule has 2 saturated carbocycles. The molecule has 0 spiro atoms. The average Bonchev–Trinajstić information content (AvgIpc) is 3.25. The number of amides is 1. The van der Waals surface area contributed by atoms with Crippen LogP contribution in [0.15, 0.2) is 23.1 Å². The highest BCUT2D eigenvalue weighted by atomic mass is 35.5. The maximum atomic E-state index is 13.0. The van der Waals surface area contributed by atoms with Gasteiger partial charge in [-0.25, -0.2) is 8.42 Å². The molecule has 8 heteroatoms. The van der Waals surface area contributed by atoms with Gasteiger partial charge in [0, 0.05) is 32.2 Å². The van der Waals surface area contributed by atoms with E-state index in [0.29, 0.717) is 32.1 Å². The van der Waals surface area contributed by atoms with Crippen molar-refractivity contribution in [1.29, 1.82) is 0 Å². The fourth-order valence-corrected chi connectivity index (χ4v) is 6.34. The molecule has 4 rings (SSSR count). The standard InChI is InChI=1S/C19H26ClN3O3S/c1-22-6-8-23(9-7-22)27(25,26)15-4-5-17(20)16(12-15)19(24)21-18-11-13-2-3-14(18)10-13/h4-5,12-14,18H,2-3,6-11H2,1H3,(H,21,24)/t13-,14+,18+/m0/s1. The predicted octanol–water partition coefficient (Wildman–Crippen LogP) is 2.19. The number of piperazine rings is 1. The van der Waals surface area contributed by atoms with Crippen LogP contribution in [-0.4, -0.2) is 62.8 Å². The largest absolute Gasteiger partial charge is 0.349 e. The van der Waals surface area contributed by atoms with Crippen molar-refractivity contribution in [3.8, 4) is 0 Å². The van der Waals surface area contributed by atoms with Crippen LogP contribution in [0.3, 0.4) is 0 Å². The van der Waals surface area contributed by atoms with Crippen LogP contribution in [0.1, 0.15) is 36.0 Å². The number of carbonyl (C=O) groups is 1. The third-order valence-electron chi connectivity index (χ3n) is 6.34. The van der Waals surface area contributed by atoms with E-state index in [1.54, 1.807) is 0 Å². The Morgan fingerprint density at radius 3 is 2.52 bits per heavy atom. The molecule has 1 N–H and O–H groups in total. The molecule has 27 heavy (non-hydrogen) atoms. The number of sulfonamides is 1. The second-order valence-corrected chi connectivity index (χ2v) is 10.4. The van der Waals surface area contributed by atoms with Gasteiger partial charge in [0.25, 0.3) is 5.91 Å². The van der Waals surface area contributed by atoms with E-state index in [-0.39, 0.29) is 27.4 Å². The highest BCUT2D eigenvalue weighted by molar-refractivity contribution is 7.89. The van der Waals surface area contributed by atoms with E-state index in [0.717, 1.165) is 12.3 Å². The number of fused-ring (bicyclic) bond motifs is 2. The summed E-state index contributed by atoms with van der Waals surface area (Å²) in [6.45, 7) is 2.30. The molecule has 0 aromatic heterocycles. The fourth-order valence-electron chi connectivity index (χ4n) is 4.68. The Balaban J connectivity index is 1.53. The van der Waals surface area contributed by atoms with E-state index in [1.807, 2.05) is 7.05 Å². The summed E-state index contributed by atoms with van der Waals surface area (Å²) in [7, 11) is -1.65. The van der Waals surface area contributed by atoms with Gasteiger partial charge in [0.05, 0.1) is 15.5 Å². The van der Waals surface area contributed by atoms with Crippen LogP contribution in [-0.2, 0) is 10.0 Å². The molecule has 1 heterocycles. The lowest BCUT2D eigenvalue weighted by Crippen LogP contribution is -2.47. The van der Waals surface area contributed by atoms with Gasteiger partial charge in [0.2, 0.25) is 10.0 Å². The van der Waals surface area contributed by atoms with Gasteiger partial charge in [-0.2, -0.15) is 4.31 Å². The van der Waals surface area contributed by atoms with Gasteiger partial charge in [-0.3, -0.25) is 4.79 Å². The molecule has 1 amide bonds. The molecule has 3 aliphatic rings. The zero-order valence-corrected chi connectivity index (χ0v) is 17.1. The third-order valence-corrected chi connectivity index (χ3v) is 8.56. The minimum Gasteiger partial charge on any atom is -0.349 e. The molecule has 2 aliphatic carbocycles. The molecule has 1 saturated heterocycles. The van der Waals surface area contributed by atoms with E-state index < -0.39 is 10.0 Å². The van der Waals surface area contributed by atoms with Crippen molar-refractivity contribution in [2.45, 2.75) is 36.6 Å². The minimum atomic E-state index is -3.63. The SMILES string of the molecule is CN1CCN(S(=O)(=O)c2ccc(Cl)c(C(=O)N[C@@H]3C[C@H]4CC[C@@H]3C4)c2)CC1. The van der Waals surface area contributed by atoms with E-state index in [1.165, 1.54) is 41.8 Å². The molecule has 0 unspecified atom stereocenters. The van der Waals surface area contributed by atoms with Crippen molar-refractivity contribution < 1.29 is 13.2 Å². The lowest BCUT2D eigenvalue weighted by atomic mass is 9.95. The van der Waals surface area contributed by atoms with Gasteiger partial charge in [-0.05, 0) is 56.3 Å². The molecular formula is C19H26ClN3O3S. The highest BCUT2D eigenvalue weighted by Crippen LogP contribution is 2.44. The number of nitrogens with one attached hydrogen (secondary N) is 1. The average molecular weight is 412 g/mol. The number of halogens is 1. The van der Waals surface area contributed by atoms with Gasteiger partial charge in [0.15, 0.2) is 0 Å². The van der Waals surface area contributed by atoms with Crippen molar-refractivity contribution in [2.24, 2.45) is 11.8 Å². The first-order valence-electron chi connectivity index (χ1n) is 9.63. The predicted molar refractivity (Wildman–Crippen MR) is 104 cm³/mol. The number of hydrogen-bond donors (Lipinski definition) is 1. The van der Waals surface area contributed by atoms with Crippen molar-refractivity contribution in [3.63, 3.8) is 0 Å². The normalized spacial score (nSPS) is 29.2. The maximum Gasteiger partial charge on any atom is 0.253 e. The summed E-state index contributed by atoms with van der Waals surface area (Å²) in [6.07, 6.45) is 4.64. The van der Waals surface area contributed by atoms with Crippen LogP contribution in [0.4, 0.5) is 0 Å². The molecule has 3 fully saturated rings. The molecule has 3 atom stereocenters. The second-order valence-electron chi connectivity index (χ2n) is 8.10. The third kappa shape index (κ3) is 3.75. The molecule has 1 aromatic carbocycles. The zero-order chi connectivity index (χ0) is 19.2. The molecule has 148 valence electrons. The lowest BCUT2D eigenvalue weighted by Gasteiger charge is -2.31. The number of benzene rings is 1. The molecule has 1 aliphatic heterocycles. The Morgan fingerprint density at radius 1 is 1.15 bits per heavy atom. The van der Waals surface area contributed by atoms with Gasteiger partial charge < -0.3 is 10.2 Å². The Morgan fingerprint density at radius 2 is 1.89 bits per heavy atom. The number of nitrogens with zero attached hydrogens (tertiary/aromatic N) is 2. The smallest absolute Gasteiger partial charge is 0.253 e. The zero-order valence-electron chi connectivity index (χ0n) is 15.5. The second kappa shape index (κ2) is 7.35. The first-order chi connectivity index (χ1) is 12.8. The number of carbonyl (C=O) groups excluding carboxylic acids is 1. The van der Waals surface area contributed by atoms with Crippen LogP contribution in [0, 0.1) is 11.8 Å². The molecule has 0 radical (unpaired) electrons. The number of hydrogen-bond acceptors (Lipinski definition) is 4. The molecule has 6 nitrogen and oxygen atoms in total. The van der Waals surface area contributed by atoms with Crippen molar-refractivity contribution >= 4 is 27.5 Å². The number of rotatable bonds is 4. The van der Waals surface area contributed by atoms with Crippen LogP contribution in [0.2, 0.25) is 5.02 Å². The number of likely N-dealkylation sites (N-methyl/N-ethyl adjacent to an activating group) is 1. The van der Waals surface area contributed by atoms with E-state index in [9.17, 15) is 13.2 Å². The lowest BCUT2D eigenvalue weighted by molar-refractivity contribution is 0.0923. The van der Waals surface area contributed by atoms with E-state index >= 15 is 0 Å². The quantitative estimate of drug-likeness (QED) is 0.824. The van der Waals surface area contributed by atoms with Gasteiger partial charge in [-0.1, -0.05) is 18.0 Å². The van der Waals surface area contributed by atoms with Crippen LogP contribution in [0.5, 0.6) is 0 Å². The first-order valence-corrected chi connectivity index (χ1v) is 11.5. The maximum absolute atomic E-state index is 13.0. The molecular weight excluding hydrogens is 386 g/mol. The van der Waals surface area contributed by atoms with E-state index in [4.69, 9.17) is 11.6 Å². The molecule has 2 bridgehead atoms. The Bertz CT molecular complexity index is 837. The van der Waals surface area contributed by atoms with Crippen molar-refractivity contribution in [1.82, 2.24) is 14.5 Å². The molecule has 1 aromatic rings. The van der Waals surface area contributed by atoms with Gasteiger partial charge in [-0.15, -0.1) is 0 Å². The highest BCUT2D eigenvalue weighted by Gasteiger charge is 2.40. The summed E-state index contributed by atoms with van der Waals surface area (Å²) in [6, 6.07) is 4.62. The topological polar surface area (TPSA) is 69.7 Å². The minimum absolute atomic E-state index is 0.134. The van der Waals surface area contributed by atoms with Gasteiger partial charge in [0.1, 0.15) is 0 Å². The van der Waals surface area contributed by atoms with Gasteiger partial charge >= 0.3 is 0 Å². The Labute approximate surface area is 165 Å². The summed E-state index contributed by atoms with van der Waals surface area (Å²) < 4.78 is 27.4. The monoisotopic (exact) mass is 411 g/mol. The summed E-state index contributed by atoms with van der Waals surface area (Å²) >= 11 is 6.23. The van der Waals surface area contributed by atoms with Crippen LogP contribution in [0.25, 0.3) is 0 Å². The summed E-state index contributed by atoms with van der Waals surface area (Å²) in [5.41, 5.74) is 0.245. The first kappa shape index (κ1) is 19.2. The van der Waals surface area contributed by atoms with Crippen molar-refractivity contribution in [2.75, 3.05) is 33.2 Å². The Hall–Kier alpha value is -1.15. The summed E-state index contributed by atoms with van der Waals surface area (Å²) in [5.74, 6) is 1.00. The van der Waals surface area contributed by atoms with E-state index in [2.05, 4.69) is 10.2 Å². The van der Waals surface area contributed by atoms with Crippen LogP contribution >= 0.6 is 11.6 Å². The summed E-state index contributed by atoms with van der Waals surface area (Å²) in [4.78, 5) is 15.0. The fraction of sp³-hybridized carbons (Fsp3) is 0.632. The summed E-state index contributed by atoms with van der Waals surface area (Å²) in [5, 5.41) is 3.38. The van der Waals surface area contributed by atoms with Crippen molar-refractivity contribution in [3.05, 3.63) is 28.8 Å². The Kier molecular flexibility index (Phi) is 5.22. The van der Waals surface area contributed by atoms with Crippen LogP contribution < -0.4 is 5.32 Å².